The van der Waals surface area contributed by atoms with Crippen LogP contribution in [-0.4, -0.2) is 16.0 Å². The molecular formula is C10H15N3O. The monoisotopic (exact) mass is 193 g/mol. The number of nitrogens with one attached hydrogen (secondary N) is 1. The predicted molar refractivity (Wildman–Crippen MR) is 54.2 cm³/mol. The van der Waals surface area contributed by atoms with Crippen LogP contribution in [0, 0.1) is 6.92 Å². The molecule has 1 aliphatic rings. The third-order valence-corrected chi connectivity index (χ3v) is 2.85. The first-order chi connectivity index (χ1) is 6.66. The van der Waals surface area contributed by atoms with Crippen LogP contribution in [0.4, 0.5) is 0 Å². The molecule has 1 fully saturated rings. The second-order valence-corrected chi connectivity index (χ2v) is 4.00. The third-order valence-electron chi connectivity index (χ3n) is 2.85. The van der Waals surface area contributed by atoms with Crippen molar-refractivity contribution in [2.24, 2.45) is 5.73 Å². The highest BCUT2D eigenvalue weighted by Gasteiger charge is 2.26. The van der Waals surface area contributed by atoms with E-state index < -0.39 is 0 Å². The zero-order valence-corrected chi connectivity index (χ0v) is 8.29. The average Bonchev–Trinajstić information content (AvgIpc) is 2.49. The van der Waals surface area contributed by atoms with E-state index in [0.29, 0.717) is 0 Å². The zero-order valence-electron chi connectivity index (χ0n) is 8.29. The number of aromatic amines is 1. The standard InChI is InChI=1S/C10H15N3O/c1-6-5-9(13-10(14)12-6)7-3-2-4-8(7)11/h5,7-8H,2-4,11H2,1H3,(H,12,13,14). The van der Waals surface area contributed by atoms with E-state index in [1.54, 1.807) is 0 Å². The van der Waals surface area contributed by atoms with Crippen LogP contribution in [-0.2, 0) is 0 Å². The molecule has 2 atom stereocenters. The molecule has 2 rings (SSSR count). The summed E-state index contributed by atoms with van der Waals surface area (Å²) in [6, 6.07) is 2.10. The molecule has 14 heavy (non-hydrogen) atoms. The van der Waals surface area contributed by atoms with Crippen molar-refractivity contribution in [2.75, 3.05) is 0 Å². The number of H-pyrrole nitrogens is 1. The number of nitrogens with two attached hydrogens (primary N) is 1. The van der Waals surface area contributed by atoms with Crippen LogP contribution in [0.3, 0.4) is 0 Å². The Morgan fingerprint density at radius 3 is 2.93 bits per heavy atom. The minimum atomic E-state index is -0.265. The molecule has 0 aromatic carbocycles. The normalized spacial score (nSPS) is 26.7. The van der Waals surface area contributed by atoms with E-state index in [-0.39, 0.29) is 17.6 Å². The highest BCUT2D eigenvalue weighted by Crippen LogP contribution is 2.31. The van der Waals surface area contributed by atoms with E-state index in [4.69, 9.17) is 5.73 Å². The van der Waals surface area contributed by atoms with Gasteiger partial charge < -0.3 is 10.7 Å². The zero-order chi connectivity index (χ0) is 10.1. The number of aromatic nitrogens is 2. The highest BCUT2D eigenvalue weighted by atomic mass is 16.1. The van der Waals surface area contributed by atoms with Crippen LogP contribution in [0.15, 0.2) is 10.9 Å². The van der Waals surface area contributed by atoms with Crippen LogP contribution in [0.2, 0.25) is 0 Å². The molecule has 1 aromatic heterocycles. The van der Waals surface area contributed by atoms with Gasteiger partial charge in [0.2, 0.25) is 0 Å². The molecule has 3 N–H and O–H groups in total. The Morgan fingerprint density at radius 2 is 2.36 bits per heavy atom. The van der Waals surface area contributed by atoms with Gasteiger partial charge >= 0.3 is 5.69 Å². The van der Waals surface area contributed by atoms with Crippen molar-refractivity contribution in [1.29, 1.82) is 0 Å². The first-order valence-corrected chi connectivity index (χ1v) is 5.00. The lowest BCUT2D eigenvalue weighted by atomic mass is 9.99. The molecule has 0 radical (unpaired) electrons. The Hall–Kier alpha value is -1.16. The lowest BCUT2D eigenvalue weighted by Crippen LogP contribution is -2.26. The molecule has 1 heterocycles. The molecule has 1 saturated carbocycles. The van der Waals surface area contributed by atoms with Gasteiger partial charge in [-0.05, 0) is 25.8 Å². The van der Waals surface area contributed by atoms with Crippen LogP contribution in [0.5, 0.6) is 0 Å². The van der Waals surface area contributed by atoms with Crippen molar-refractivity contribution >= 4 is 0 Å². The van der Waals surface area contributed by atoms with Crippen LogP contribution in [0.25, 0.3) is 0 Å². The Balaban J connectivity index is 2.36. The fourth-order valence-electron chi connectivity index (χ4n) is 2.15. The van der Waals surface area contributed by atoms with Crippen molar-refractivity contribution in [3.8, 4) is 0 Å². The van der Waals surface area contributed by atoms with Crippen LogP contribution < -0.4 is 11.4 Å². The van der Waals surface area contributed by atoms with E-state index in [9.17, 15) is 4.79 Å². The summed E-state index contributed by atoms with van der Waals surface area (Å²) in [6.45, 7) is 1.87. The van der Waals surface area contributed by atoms with Crippen molar-refractivity contribution in [1.82, 2.24) is 9.97 Å². The second kappa shape index (κ2) is 3.53. The summed E-state index contributed by atoms with van der Waals surface area (Å²) in [6.07, 6.45) is 3.23. The van der Waals surface area contributed by atoms with E-state index in [2.05, 4.69) is 9.97 Å². The summed E-state index contributed by atoms with van der Waals surface area (Å²) in [4.78, 5) is 17.8. The smallest absolute Gasteiger partial charge is 0.327 e. The Kier molecular flexibility index (Phi) is 2.37. The average molecular weight is 193 g/mol. The molecule has 0 bridgehead atoms. The van der Waals surface area contributed by atoms with Gasteiger partial charge in [0.25, 0.3) is 0 Å². The molecule has 76 valence electrons. The molecule has 0 amide bonds. The van der Waals surface area contributed by atoms with E-state index >= 15 is 0 Å². The molecule has 4 heteroatoms. The van der Waals surface area contributed by atoms with Crippen molar-refractivity contribution in [3.05, 3.63) is 27.9 Å². The van der Waals surface area contributed by atoms with E-state index in [1.807, 2.05) is 13.0 Å². The number of aryl methyl sites for hydroxylation is 1. The topological polar surface area (TPSA) is 71.8 Å². The lowest BCUT2D eigenvalue weighted by Gasteiger charge is -2.14. The summed E-state index contributed by atoms with van der Waals surface area (Å²) in [5, 5.41) is 0. The van der Waals surface area contributed by atoms with Gasteiger partial charge in [-0.15, -0.1) is 0 Å². The highest BCUT2D eigenvalue weighted by molar-refractivity contribution is 5.15. The maximum Gasteiger partial charge on any atom is 0.345 e. The van der Waals surface area contributed by atoms with Gasteiger partial charge in [0.15, 0.2) is 0 Å². The first kappa shape index (κ1) is 9.40. The quantitative estimate of drug-likeness (QED) is 0.688. The maximum absolute atomic E-state index is 11.2. The van der Waals surface area contributed by atoms with E-state index in [0.717, 1.165) is 30.7 Å². The largest absolute Gasteiger partial charge is 0.345 e. The number of rotatable bonds is 1. The number of hydrogen-bond acceptors (Lipinski definition) is 3. The molecule has 2 unspecified atom stereocenters. The first-order valence-electron chi connectivity index (χ1n) is 5.00. The molecule has 4 nitrogen and oxygen atoms in total. The van der Waals surface area contributed by atoms with E-state index in [1.165, 1.54) is 0 Å². The van der Waals surface area contributed by atoms with Crippen molar-refractivity contribution in [2.45, 2.75) is 38.1 Å². The number of nitrogens with zero attached hydrogens (tertiary/aromatic N) is 1. The second-order valence-electron chi connectivity index (χ2n) is 4.00. The van der Waals surface area contributed by atoms with Gasteiger partial charge in [-0.1, -0.05) is 6.42 Å². The molecule has 0 aliphatic heterocycles. The van der Waals surface area contributed by atoms with Gasteiger partial charge in [0.1, 0.15) is 0 Å². The predicted octanol–water partition coefficient (Wildman–Crippen LogP) is 0.673. The van der Waals surface area contributed by atoms with Crippen LogP contribution >= 0.6 is 0 Å². The number of hydrogen-bond donors (Lipinski definition) is 2. The SMILES string of the molecule is Cc1cc(C2CCCC2N)nc(=O)[nH]1. The summed E-state index contributed by atoms with van der Waals surface area (Å²) in [5.74, 6) is 0.274. The minimum Gasteiger partial charge on any atom is -0.327 e. The molecule has 1 aliphatic carbocycles. The Bertz CT molecular complexity index is 385. The summed E-state index contributed by atoms with van der Waals surface area (Å²) in [7, 11) is 0. The summed E-state index contributed by atoms with van der Waals surface area (Å²) < 4.78 is 0. The van der Waals surface area contributed by atoms with Gasteiger partial charge in [0.05, 0.1) is 5.69 Å². The Labute approximate surface area is 82.6 Å². The molecule has 0 spiro atoms. The minimum absolute atomic E-state index is 0.170. The molecular weight excluding hydrogens is 178 g/mol. The van der Waals surface area contributed by atoms with Crippen LogP contribution in [0.1, 0.15) is 36.6 Å². The maximum atomic E-state index is 11.2. The molecule has 0 saturated heterocycles. The molecule has 1 aromatic rings. The lowest BCUT2D eigenvalue weighted by molar-refractivity contribution is 0.593. The van der Waals surface area contributed by atoms with Gasteiger partial charge in [-0.3, -0.25) is 0 Å². The van der Waals surface area contributed by atoms with Gasteiger partial charge in [0, 0.05) is 17.7 Å². The van der Waals surface area contributed by atoms with Gasteiger partial charge in [-0.25, -0.2) is 4.79 Å². The Morgan fingerprint density at radius 1 is 1.57 bits per heavy atom. The summed E-state index contributed by atoms with van der Waals surface area (Å²) >= 11 is 0. The third kappa shape index (κ3) is 1.70. The fourth-order valence-corrected chi connectivity index (χ4v) is 2.15. The van der Waals surface area contributed by atoms with Crippen molar-refractivity contribution < 1.29 is 0 Å². The van der Waals surface area contributed by atoms with Crippen molar-refractivity contribution in [3.63, 3.8) is 0 Å². The van der Waals surface area contributed by atoms with Gasteiger partial charge in [-0.2, -0.15) is 4.98 Å². The summed E-state index contributed by atoms with van der Waals surface area (Å²) in [5.41, 5.74) is 7.41. The fraction of sp³-hybridized carbons (Fsp3) is 0.600.